The first-order valence-corrected chi connectivity index (χ1v) is 8.62. The summed E-state index contributed by atoms with van der Waals surface area (Å²) in [5.41, 5.74) is -0.772. The van der Waals surface area contributed by atoms with E-state index in [9.17, 15) is 9.59 Å². The highest BCUT2D eigenvalue weighted by Crippen LogP contribution is 2.31. The average Bonchev–Trinajstić information content (AvgIpc) is 2.76. The molecule has 1 atom stereocenters. The van der Waals surface area contributed by atoms with E-state index in [0.29, 0.717) is 0 Å². The van der Waals surface area contributed by atoms with Crippen molar-refractivity contribution in [3.63, 3.8) is 0 Å². The number of urea groups is 1. The summed E-state index contributed by atoms with van der Waals surface area (Å²) in [6, 6.07) is -0.377. The largest absolute Gasteiger partial charge is 0.356 e. The average molecular weight is 449 g/mol. The van der Waals surface area contributed by atoms with E-state index in [1.165, 1.54) is 19.3 Å². The van der Waals surface area contributed by atoms with Gasteiger partial charge >= 0.3 is 6.03 Å². The number of rotatable bonds is 3. The number of nitrogens with zero attached hydrogens (tertiary/aromatic N) is 2. The third kappa shape index (κ3) is 3.78. The van der Waals surface area contributed by atoms with Crippen LogP contribution in [0.5, 0.6) is 0 Å². The van der Waals surface area contributed by atoms with Crippen molar-refractivity contribution in [2.24, 2.45) is 16.8 Å². The van der Waals surface area contributed by atoms with Gasteiger partial charge < -0.3 is 15.5 Å². The molecular weight excluding hydrogens is 421 g/mol. The third-order valence-electron chi connectivity index (χ3n) is 5.67. The van der Waals surface area contributed by atoms with E-state index in [1.54, 1.807) is 0 Å². The second-order valence-electron chi connectivity index (χ2n) is 7.10. The standard InChI is InChI=1S/C16H27N5O2.HI/c1-16(13(22)19-15(23)20-16)12-6-8-21(9-7-12)14(17-2)18-10-11-4-3-5-11;/h11-12H,3-10H2,1-2H3,(H,17,18)(H2,19,20,22,23);1H. The lowest BCUT2D eigenvalue weighted by molar-refractivity contribution is -0.125. The van der Waals surface area contributed by atoms with Gasteiger partial charge in [-0.3, -0.25) is 15.1 Å². The zero-order valence-electron chi connectivity index (χ0n) is 14.4. The Morgan fingerprint density at radius 1 is 1.29 bits per heavy atom. The number of carbonyl (C=O) groups excluding carboxylic acids is 2. The van der Waals surface area contributed by atoms with Gasteiger partial charge in [-0.05, 0) is 44.4 Å². The van der Waals surface area contributed by atoms with Crippen molar-refractivity contribution in [2.75, 3.05) is 26.7 Å². The highest BCUT2D eigenvalue weighted by atomic mass is 127. The first-order valence-electron chi connectivity index (χ1n) is 8.62. The molecule has 0 aromatic carbocycles. The van der Waals surface area contributed by atoms with Crippen LogP contribution >= 0.6 is 24.0 Å². The molecule has 2 heterocycles. The lowest BCUT2D eigenvalue weighted by atomic mass is 9.79. The second-order valence-corrected chi connectivity index (χ2v) is 7.10. The molecule has 0 spiro atoms. The maximum atomic E-state index is 12.1. The predicted octanol–water partition coefficient (Wildman–Crippen LogP) is 1.29. The smallest absolute Gasteiger partial charge is 0.322 e. The number of halogens is 1. The van der Waals surface area contributed by atoms with Crippen LogP contribution in [-0.2, 0) is 4.79 Å². The number of likely N-dealkylation sites (tertiary alicyclic amines) is 1. The number of nitrogens with one attached hydrogen (secondary N) is 3. The molecule has 7 nitrogen and oxygen atoms in total. The molecule has 3 amide bonds. The van der Waals surface area contributed by atoms with Gasteiger partial charge in [-0.25, -0.2) is 4.79 Å². The fourth-order valence-corrected chi connectivity index (χ4v) is 3.78. The Morgan fingerprint density at radius 3 is 2.42 bits per heavy atom. The Bertz CT molecular complexity index is 515. The molecule has 24 heavy (non-hydrogen) atoms. The van der Waals surface area contributed by atoms with Crippen molar-refractivity contribution >= 4 is 41.9 Å². The summed E-state index contributed by atoms with van der Waals surface area (Å²) < 4.78 is 0. The first kappa shape index (κ1) is 19.3. The van der Waals surface area contributed by atoms with E-state index < -0.39 is 5.54 Å². The molecule has 2 aliphatic heterocycles. The van der Waals surface area contributed by atoms with Crippen LogP contribution in [-0.4, -0.2) is 55.0 Å². The highest BCUT2D eigenvalue weighted by molar-refractivity contribution is 14.0. The summed E-state index contributed by atoms with van der Waals surface area (Å²) in [5.74, 6) is 1.71. The van der Waals surface area contributed by atoms with Gasteiger partial charge in [-0.2, -0.15) is 0 Å². The van der Waals surface area contributed by atoms with Gasteiger partial charge in [-0.15, -0.1) is 24.0 Å². The summed E-state index contributed by atoms with van der Waals surface area (Å²) in [5, 5.41) is 8.63. The van der Waals surface area contributed by atoms with E-state index in [0.717, 1.165) is 44.4 Å². The third-order valence-corrected chi connectivity index (χ3v) is 5.67. The monoisotopic (exact) mass is 449 g/mol. The molecule has 1 saturated carbocycles. The number of hydrogen-bond acceptors (Lipinski definition) is 3. The Hall–Kier alpha value is -1.06. The number of aliphatic imine (C=N–C) groups is 1. The maximum absolute atomic E-state index is 12.1. The zero-order valence-corrected chi connectivity index (χ0v) is 16.8. The van der Waals surface area contributed by atoms with Crippen molar-refractivity contribution in [1.82, 2.24) is 20.9 Å². The Labute approximate surface area is 160 Å². The molecule has 136 valence electrons. The van der Waals surface area contributed by atoms with Gasteiger partial charge in [0.25, 0.3) is 5.91 Å². The van der Waals surface area contributed by atoms with Gasteiger partial charge in [0, 0.05) is 26.7 Å². The Kier molecular flexibility index (Phi) is 6.33. The normalized spacial score (nSPS) is 28.8. The van der Waals surface area contributed by atoms with Crippen LogP contribution in [0, 0.1) is 11.8 Å². The van der Waals surface area contributed by atoms with Gasteiger partial charge in [0.1, 0.15) is 5.54 Å². The van der Waals surface area contributed by atoms with Crippen molar-refractivity contribution in [3.8, 4) is 0 Å². The molecular formula is C16H28IN5O2. The highest BCUT2D eigenvalue weighted by Gasteiger charge is 2.48. The van der Waals surface area contributed by atoms with Crippen molar-refractivity contribution in [1.29, 1.82) is 0 Å². The number of piperidine rings is 1. The van der Waals surface area contributed by atoms with Crippen LogP contribution < -0.4 is 16.0 Å². The summed E-state index contributed by atoms with van der Waals surface area (Å²) >= 11 is 0. The van der Waals surface area contributed by atoms with Crippen molar-refractivity contribution in [3.05, 3.63) is 0 Å². The van der Waals surface area contributed by atoms with Gasteiger partial charge in [-0.1, -0.05) is 6.42 Å². The quantitative estimate of drug-likeness (QED) is 0.263. The molecule has 8 heteroatoms. The van der Waals surface area contributed by atoms with E-state index in [-0.39, 0.29) is 41.8 Å². The molecule has 3 aliphatic rings. The molecule has 0 aromatic rings. The van der Waals surface area contributed by atoms with E-state index in [1.807, 2.05) is 14.0 Å². The van der Waals surface area contributed by atoms with Crippen molar-refractivity contribution < 1.29 is 9.59 Å². The fraction of sp³-hybridized carbons (Fsp3) is 0.812. The molecule has 1 unspecified atom stereocenters. The minimum Gasteiger partial charge on any atom is -0.356 e. The molecule has 3 N–H and O–H groups in total. The Balaban J connectivity index is 0.00000208. The Morgan fingerprint density at radius 2 is 1.96 bits per heavy atom. The number of imide groups is 1. The van der Waals surface area contributed by atoms with Crippen LogP contribution in [0.3, 0.4) is 0 Å². The summed E-state index contributed by atoms with van der Waals surface area (Å²) in [4.78, 5) is 30.1. The molecule has 3 fully saturated rings. The van der Waals surface area contributed by atoms with Crippen LogP contribution in [0.1, 0.15) is 39.0 Å². The maximum Gasteiger partial charge on any atom is 0.322 e. The van der Waals surface area contributed by atoms with Crippen LogP contribution in [0.15, 0.2) is 4.99 Å². The summed E-state index contributed by atoms with van der Waals surface area (Å²) in [7, 11) is 1.82. The second kappa shape index (κ2) is 7.88. The molecule has 0 bridgehead atoms. The zero-order chi connectivity index (χ0) is 16.4. The molecule has 2 saturated heterocycles. The molecule has 1 aliphatic carbocycles. The van der Waals surface area contributed by atoms with Crippen molar-refractivity contribution in [2.45, 2.75) is 44.6 Å². The van der Waals surface area contributed by atoms with E-state index in [2.05, 4.69) is 25.8 Å². The molecule has 0 radical (unpaired) electrons. The number of carbonyl (C=O) groups is 2. The van der Waals surface area contributed by atoms with Gasteiger partial charge in [0.2, 0.25) is 0 Å². The summed E-state index contributed by atoms with van der Waals surface area (Å²) in [6.07, 6.45) is 5.73. The predicted molar refractivity (Wildman–Crippen MR) is 103 cm³/mol. The molecule has 3 rings (SSSR count). The lowest BCUT2D eigenvalue weighted by Gasteiger charge is -2.40. The minimum absolute atomic E-state index is 0. The first-order chi connectivity index (χ1) is 11.0. The van der Waals surface area contributed by atoms with Gasteiger partial charge in [0.05, 0.1) is 0 Å². The lowest BCUT2D eigenvalue weighted by Crippen LogP contribution is -2.55. The van der Waals surface area contributed by atoms with Gasteiger partial charge in [0.15, 0.2) is 5.96 Å². The van der Waals surface area contributed by atoms with E-state index >= 15 is 0 Å². The van der Waals surface area contributed by atoms with Crippen LogP contribution in [0.2, 0.25) is 0 Å². The summed E-state index contributed by atoms with van der Waals surface area (Å²) in [6.45, 7) is 4.54. The SMILES string of the molecule is CN=C(NCC1CCC1)N1CCC(C2(C)NC(=O)NC2=O)CC1.I. The van der Waals surface area contributed by atoms with Crippen LogP contribution in [0.4, 0.5) is 4.79 Å². The number of amides is 3. The minimum atomic E-state index is -0.772. The van der Waals surface area contributed by atoms with E-state index in [4.69, 9.17) is 0 Å². The molecule has 0 aromatic heterocycles. The fourth-order valence-electron chi connectivity index (χ4n) is 3.78. The number of guanidine groups is 1. The topological polar surface area (TPSA) is 85.8 Å². The van der Waals surface area contributed by atoms with Crippen LogP contribution in [0.25, 0.3) is 0 Å². The number of hydrogen-bond donors (Lipinski definition) is 3.